The molecule has 2 aromatic heterocycles. The van der Waals surface area contributed by atoms with Crippen LogP contribution in [0.2, 0.25) is 5.02 Å². The summed E-state index contributed by atoms with van der Waals surface area (Å²) in [4.78, 5) is 39.2. The van der Waals surface area contributed by atoms with Crippen LogP contribution in [0.4, 0.5) is 0 Å². The lowest BCUT2D eigenvalue weighted by Crippen LogP contribution is -2.42. The molecule has 7 nitrogen and oxygen atoms in total. The molecule has 2 heterocycles. The Labute approximate surface area is 206 Å². The lowest BCUT2D eigenvalue weighted by Gasteiger charge is -2.32. The summed E-state index contributed by atoms with van der Waals surface area (Å²) in [5, 5.41) is 8.96. The molecule has 35 heavy (non-hydrogen) atoms. The van der Waals surface area contributed by atoms with Crippen LogP contribution in [0.5, 0.6) is 0 Å². The molecule has 0 aliphatic heterocycles. The molecule has 1 saturated carbocycles. The summed E-state index contributed by atoms with van der Waals surface area (Å²) >= 11 is 6.55. The van der Waals surface area contributed by atoms with Gasteiger partial charge in [0.05, 0.1) is 16.5 Å². The standard InChI is InChI=1S/C27H24ClN3O4/c1-14-23-25(30-35-14)24-20(28)10-5-11-21(24)31(27(23)34)16-7-4-6-15(12-16)29-26(33)19-13-22(32)18-9-3-2-8-17(18)19/h2-3,5,8-11,15-16,19H,4,6-7,12-13H2,1H3,(H,29,33). The predicted molar refractivity (Wildman–Crippen MR) is 133 cm³/mol. The Kier molecular flexibility index (Phi) is 5.25. The third-order valence-electron chi connectivity index (χ3n) is 7.48. The summed E-state index contributed by atoms with van der Waals surface area (Å²) in [6.45, 7) is 1.73. The molecule has 3 atom stereocenters. The second kappa shape index (κ2) is 8.34. The number of aromatic nitrogens is 2. The van der Waals surface area contributed by atoms with E-state index in [9.17, 15) is 14.4 Å². The summed E-state index contributed by atoms with van der Waals surface area (Å²) in [6, 6.07) is 12.6. The molecule has 4 aromatic rings. The highest BCUT2D eigenvalue weighted by molar-refractivity contribution is 6.37. The molecular weight excluding hydrogens is 466 g/mol. The van der Waals surface area contributed by atoms with E-state index in [0.29, 0.717) is 39.1 Å². The fourth-order valence-corrected chi connectivity index (χ4v) is 6.12. The molecule has 0 saturated heterocycles. The zero-order valence-electron chi connectivity index (χ0n) is 19.2. The van der Waals surface area contributed by atoms with Crippen LogP contribution in [0.15, 0.2) is 51.8 Å². The Balaban J connectivity index is 1.33. The van der Waals surface area contributed by atoms with E-state index < -0.39 is 5.92 Å². The predicted octanol–water partition coefficient (Wildman–Crippen LogP) is 5.07. The molecule has 8 heteroatoms. The van der Waals surface area contributed by atoms with Crippen molar-refractivity contribution in [1.82, 2.24) is 15.0 Å². The van der Waals surface area contributed by atoms with Crippen molar-refractivity contribution in [3.63, 3.8) is 0 Å². The smallest absolute Gasteiger partial charge is 0.264 e. The fourth-order valence-electron chi connectivity index (χ4n) is 5.86. The molecule has 1 N–H and O–H groups in total. The Morgan fingerprint density at radius 3 is 2.80 bits per heavy atom. The number of carbonyl (C=O) groups is 2. The van der Waals surface area contributed by atoms with Crippen LogP contribution in [0.25, 0.3) is 21.8 Å². The molecule has 0 spiro atoms. The lowest BCUT2D eigenvalue weighted by molar-refractivity contribution is -0.123. The Hall–Kier alpha value is -3.45. The van der Waals surface area contributed by atoms with Crippen molar-refractivity contribution in [1.29, 1.82) is 0 Å². The lowest BCUT2D eigenvalue weighted by atomic mass is 9.89. The van der Waals surface area contributed by atoms with E-state index in [-0.39, 0.29) is 35.8 Å². The second-order valence-corrected chi connectivity index (χ2v) is 9.97. The van der Waals surface area contributed by atoms with E-state index in [4.69, 9.17) is 16.1 Å². The Bertz CT molecular complexity index is 1570. The average Bonchev–Trinajstić information content (AvgIpc) is 3.40. The number of pyridine rings is 1. The van der Waals surface area contributed by atoms with Crippen molar-refractivity contribution in [2.45, 2.75) is 57.0 Å². The van der Waals surface area contributed by atoms with Crippen LogP contribution in [0.3, 0.4) is 0 Å². The van der Waals surface area contributed by atoms with Crippen LogP contribution >= 0.6 is 11.6 Å². The van der Waals surface area contributed by atoms with Crippen molar-refractivity contribution >= 4 is 45.1 Å². The SMILES string of the molecule is Cc1onc2c1c(=O)n(C1CCCC(NC(=O)C3CC(=O)c4ccccc43)C1)c1cccc(Cl)c21. The minimum atomic E-state index is -0.461. The van der Waals surface area contributed by atoms with Gasteiger partial charge in [0.1, 0.15) is 16.7 Å². The first kappa shape index (κ1) is 22.0. The van der Waals surface area contributed by atoms with Crippen LogP contribution in [-0.2, 0) is 4.79 Å². The number of carbonyl (C=O) groups excluding carboxylic acids is 2. The fraction of sp³-hybridized carbons (Fsp3) is 0.333. The quantitative estimate of drug-likeness (QED) is 0.433. The van der Waals surface area contributed by atoms with Gasteiger partial charge in [0.15, 0.2) is 5.78 Å². The first-order valence-corrected chi connectivity index (χ1v) is 12.3. The molecule has 1 amide bonds. The highest BCUT2D eigenvalue weighted by Crippen LogP contribution is 2.37. The normalized spacial score (nSPS) is 22.0. The number of fused-ring (bicyclic) bond motifs is 4. The minimum Gasteiger partial charge on any atom is -0.360 e. The van der Waals surface area contributed by atoms with Gasteiger partial charge in [-0.25, -0.2) is 0 Å². The zero-order chi connectivity index (χ0) is 24.3. The number of ketones is 1. The molecule has 6 rings (SSSR count). The summed E-state index contributed by atoms with van der Waals surface area (Å²) in [6.07, 6.45) is 3.32. The van der Waals surface area contributed by atoms with Gasteiger partial charge in [0.25, 0.3) is 5.56 Å². The number of nitrogens with one attached hydrogen (secondary N) is 1. The Morgan fingerprint density at radius 2 is 1.94 bits per heavy atom. The number of hydrogen-bond acceptors (Lipinski definition) is 5. The molecular formula is C27H24ClN3O4. The maximum atomic E-state index is 13.6. The molecule has 3 unspecified atom stereocenters. The van der Waals surface area contributed by atoms with Gasteiger partial charge in [-0.1, -0.05) is 47.1 Å². The Morgan fingerprint density at radius 1 is 1.11 bits per heavy atom. The number of halogens is 1. The molecule has 178 valence electrons. The van der Waals surface area contributed by atoms with Gasteiger partial charge in [-0.05, 0) is 50.3 Å². The van der Waals surface area contributed by atoms with Crippen LogP contribution < -0.4 is 10.9 Å². The van der Waals surface area contributed by atoms with E-state index in [1.165, 1.54) is 0 Å². The van der Waals surface area contributed by atoms with Crippen molar-refractivity contribution in [3.05, 3.63) is 74.7 Å². The summed E-state index contributed by atoms with van der Waals surface area (Å²) < 4.78 is 7.17. The highest BCUT2D eigenvalue weighted by atomic mass is 35.5. The van der Waals surface area contributed by atoms with E-state index >= 15 is 0 Å². The van der Waals surface area contributed by atoms with Crippen molar-refractivity contribution < 1.29 is 14.1 Å². The molecule has 0 radical (unpaired) electrons. The minimum absolute atomic E-state index is 0.00886. The largest absolute Gasteiger partial charge is 0.360 e. The number of nitrogens with zero attached hydrogens (tertiary/aromatic N) is 2. The maximum Gasteiger partial charge on any atom is 0.264 e. The van der Waals surface area contributed by atoms with E-state index in [1.807, 2.05) is 30.3 Å². The van der Waals surface area contributed by atoms with E-state index in [1.54, 1.807) is 23.6 Å². The monoisotopic (exact) mass is 489 g/mol. The van der Waals surface area contributed by atoms with Crippen LogP contribution in [0, 0.1) is 6.92 Å². The third kappa shape index (κ3) is 3.48. The third-order valence-corrected chi connectivity index (χ3v) is 7.80. The first-order valence-electron chi connectivity index (χ1n) is 11.9. The van der Waals surface area contributed by atoms with Crippen LogP contribution in [0.1, 0.15) is 65.7 Å². The van der Waals surface area contributed by atoms with Gasteiger partial charge in [-0.2, -0.15) is 0 Å². The number of benzene rings is 2. The molecule has 2 aromatic carbocycles. The molecule has 2 aliphatic rings. The number of aryl methyl sites for hydroxylation is 1. The van der Waals surface area contributed by atoms with Gasteiger partial charge in [0.2, 0.25) is 5.91 Å². The molecule has 2 aliphatic carbocycles. The van der Waals surface area contributed by atoms with Gasteiger partial charge in [-0.3, -0.25) is 14.4 Å². The van der Waals surface area contributed by atoms with E-state index in [2.05, 4.69) is 10.5 Å². The highest BCUT2D eigenvalue weighted by Gasteiger charge is 2.36. The van der Waals surface area contributed by atoms with Gasteiger partial charge < -0.3 is 14.4 Å². The van der Waals surface area contributed by atoms with Crippen molar-refractivity contribution in [2.24, 2.45) is 0 Å². The molecule has 1 fully saturated rings. The van der Waals surface area contributed by atoms with Crippen molar-refractivity contribution in [2.75, 3.05) is 0 Å². The number of Topliss-reactive ketones (excluding diaryl/α,β-unsaturated/α-hetero) is 1. The average molecular weight is 490 g/mol. The van der Waals surface area contributed by atoms with Gasteiger partial charge in [-0.15, -0.1) is 0 Å². The zero-order valence-corrected chi connectivity index (χ0v) is 20.0. The summed E-state index contributed by atoms with van der Waals surface area (Å²) in [5.74, 6) is -0.114. The first-order chi connectivity index (χ1) is 16.9. The number of hydrogen-bond donors (Lipinski definition) is 1. The molecule has 0 bridgehead atoms. The maximum absolute atomic E-state index is 13.6. The topological polar surface area (TPSA) is 94.2 Å². The summed E-state index contributed by atoms with van der Waals surface area (Å²) in [7, 11) is 0. The van der Waals surface area contributed by atoms with Gasteiger partial charge >= 0.3 is 0 Å². The summed E-state index contributed by atoms with van der Waals surface area (Å²) in [5.41, 5.74) is 2.49. The van der Waals surface area contributed by atoms with Crippen molar-refractivity contribution in [3.8, 4) is 0 Å². The second-order valence-electron chi connectivity index (χ2n) is 9.56. The van der Waals surface area contributed by atoms with Gasteiger partial charge in [0, 0.05) is 29.5 Å². The number of amides is 1. The van der Waals surface area contributed by atoms with Crippen LogP contribution in [-0.4, -0.2) is 27.5 Å². The number of rotatable bonds is 3. The van der Waals surface area contributed by atoms with E-state index in [0.717, 1.165) is 30.3 Å².